The van der Waals surface area contributed by atoms with Crippen molar-refractivity contribution in [3.63, 3.8) is 0 Å². The second-order valence-corrected chi connectivity index (χ2v) is 8.11. The lowest BCUT2D eigenvalue weighted by Gasteiger charge is -2.12. The van der Waals surface area contributed by atoms with E-state index in [1.807, 2.05) is 6.92 Å². The molecule has 1 saturated carbocycles. The predicted molar refractivity (Wildman–Crippen MR) is 72.3 cm³/mol. The number of carbonyl (C=O) groups excluding carboxylic acids is 1. The minimum atomic E-state index is -3.85. The van der Waals surface area contributed by atoms with E-state index in [-0.39, 0.29) is 21.9 Å². The van der Waals surface area contributed by atoms with Gasteiger partial charge in [-0.05, 0) is 38.0 Å². The monoisotopic (exact) mass is 351 g/mol. The van der Waals surface area contributed by atoms with Gasteiger partial charge in [-0.2, -0.15) is 0 Å². The first-order chi connectivity index (χ1) is 8.20. The summed E-state index contributed by atoms with van der Waals surface area (Å²) in [7, 11) is 1.43. The number of rotatable bonds is 3. The Hall–Kier alpha value is -0.590. The SMILES string of the molecule is CC1(NC(=O)c2cc(Br)cc(S(=O)(=O)Cl)c2)CC1. The van der Waals surface area contributed by atoms with Gasteiger partial charge in [-0.15, -0.1) is 0 Å². The molecule has 0 aromatic heterocycles. The number of amides is 1. The average molecular weight is 353 g/mol. The third-order valence-corrected chi connectivity index (χ3v) is 4.62. The molecule has 18 heavy (non-hydrogen) atoms. The molecule has 0 aliphatic heterocycles. The first kappa shape index (κ1) is 13.8. The van der Waals surface area contributed by atoms with E-state index in [1.165, 1.54) is 12.1 Å². The smallest absolute Gasteiger partial charge is 0.261 e. The van der Waals surface area contributed by atoms with Crippen molar-refractivity contribution in [2.75, 3.05) is 0 Å². The van der Waals surface area contributed by atoms with Crippen LogP contribution in [0.15, 0.2) is 27.6 Å². The Labute approximate surface area is 118 Å². The van der Waals surface area contributed by atoms with Gasteiger partial charge >= 0.3 is 0 Å². The van der Waals surface area contributed by atoms with Gasteiger partial charge in [0.2, 0.25) is 0 Å². The Morgan fingerprint density at radius 2 is 2.00 bits per heavy atom. The van der Waals surface area contributed by atoms with Gasteiger partial charge in [-0.25, -0.2) is 8.42 Å². The van der Waals surface area contributed by atoms with Gasteiger partial charge in [-0.3, -0.25) is 4.79 Å². The highest BCUT2D eigenvalue weighted by atomic mass is 79.9. The third kappa shape index (κ3) is 3.24. The molecule has 0 atom stereocenters. The van der Waals surface area contributed by atoms with Crippen molar-refractivity contribution in [3.8, 4) is 0 Å². The molecule has 0 bridgehead atoms. The Morgan fingerprint density at radius 3 is 2.50 bits per heavy atom. The summed E-state index contributed by atoms with van der Waals surface area (Å²) in [5.41, 5.74) is 0.121. The van der Waals surface area contributed by atoms with Gasteiger partial charge in [-0.1, -0.05) is 15.9 Å². The Kier molecular flexibility index (Phi) is 3.46. The van der Waals surface area contributed by atoms with E-state index in [0.29, 0.717) is 4.47 Å². The van der Waals surface area contributed by atoms with E-state index in [9.17, 15) is 13.2 Å². The van der Waals surface area contributed by atoms with Crippen molar-refractivity contribution < 1.29 is 13.2 Å². The molecule has 7 heteroatoms. The molecule has 0 saturated heterocycles. The zero-order chi connectivity index (χ0) is 13.6. The van der Waals surface area contributed by atoms with Gasteiger partial charge in [0.1, 0.15) is 0 Å². The summed E-state index contributed by atoms with van der Waals surface area (Å²) in [6, 6.07) is 4.19. The van der Waals surface area contributed by atoms with Crippen molar-refractivity contribution >= 4 is 41.6 Å². The molecule has 1 amide bonds. The highest BCUT2D eigenvalue weighted by molar-refractivity contribution is 9.10. The molecule has 4 nitrogen and oxygen atoms in total. The van der Waals surface area contributed by atoms with Crippen LogP contribution in [0, 0.1) is 0 Å². The molecule has 1 aliphatic carbocycles. The van der Waals surface area contributed by atoms with Crippen LogP contribution in [0.5, 0.6) is 0 Å². The molecule has 1 aromatic carbocycles. The maximum atomic E-state index is 12.0. The van der Waals surface area contributed by atoms with E-state index in [2.05, 4.69) is 21.2 Å². The minimum absolute atomic E-state index is 0.0929. The number of hydrogen-bond donors (Lipinski definition) is 1. The van der Waals surface area contributed by atoms with Crippen molar-refractivity contribution in [1.82, 2.24) is 5.32 Å². The maximum Gasteiger partial charge on any atom is 0.261 e. The van der Waals surface area contributed by atoms with Crippen LogP contribution >= 0.6 is 26.6 Å². The lowest BCUT2D eigenvalue weighted by Crippen LogP contribution is -2.34. The van der Waals surface area contributed by atoms with Crippen LogP contribution in [0.25, 0.3) is 0 Å². The first-order valence-corrected chi connectivity index (χ1v) is 8.38. The molecule has 1 N–H and O–H groups in total. The fourth-order valence-corrected chi connectivity index (χ4v) is 2.94. The molecule has 0 heterocycles. The van der Waals surface area contributed by atoms with Crippen LogP contribution in [0.2, 0.25) is 0 Å². The lowest BCUT2D eigenvalue weighted by molar-refractivity contribution is 0.0935. The number of hydrogen-bond acceptors (Lipinski definition) is 3. The third-order valence-electron chi connectivity index (χ3n) is 2.83. The quantitative estimate of drug-likeness (QED) is 0.851. The fraction of sp³-hybridized carbons (Fsp3) is 0.364. The summed E-state index contributed by atoms with van der Waals surface area (Å²) in [4.78, 5) is 11.9. The second-order valence-electron chi connectivity index (χ2n) is 4.63. The van der Waals surface area contributed by atoms with Gasteiger partial charge < -0.3 is 5.32 Å². The molecule has 0 spiro atoms. The molecular formula is C11H11BrClNO3S. The molecular weight excluding hydrogens is 342 g/mol. The zero-order valence-corrected chi connectivity index (χ0v) is 12.7. The molecule has 1 aromatic rings. The lowest BCUT2D eigenvalue weighted by atomic mass is 10.2. The Bertz CT molecular complexity index is 611. The normalized spacial score (nSPS) is 17.3. The van der Waals surface area contributed by atoms with Gasteiger partial charge in [0.05, 0.1) is 4.90 Å². The van der Waals surface area contributed by atoms with Crippen molar-refractivity contribution in [1.29, 1.82) is 0 Å². The summed E-state index contributed by atoms with van der Waals surface area (Å²) in [5.74, 6) is -0.294. The standard InChI is InChI=1S/C11H11BrClNO3S/c1-11(2-3-11)14-10(15)7-4-8(12)6-9(5-7)18(13,16)17/h4-6H,2-3H2,1H3,(H,14,15). The summed E-state index contributed by atoms with van der Waals surface area (Å²) in [6.45, 7) is 1.95. The van der Waals surface area contributed by atoms with Crippen LogP contribution in [-0.4, -0.2) is 19.9 Å². The van der Waals surface area contributed by atoms with Crippen molar-refractivity contribution in [2.45, 2.75) is 30.2 Å². The van der Waals surface area contributed by atoms with Crippen LogP contribution < -0.4 is 5.32 Å². The summed E-state index contributed by atoms with van der Waals surface area (Å²) < 4.78 is 23.0. The van der Waals surface area contributed by atoms with Gasteiger partial charge in [0.25, 0.3) is 15.0 Å². The molecule has 2 rings (SSSR count). The predicted octanol–water partition coefficient (Wildman–Crippen LogP) is 2.66. The summed E-state index contributed by atoms with van der Waals surface area (Å²) >= 11 is 3.17. The highest BCUT2D eigenvalue weighted by Crippen LogP contribution is 2.34. The molecule has 1 aliphatic rings. The first-order valence-electron chi connectivity index (χ1n) is 5.27. The number of benzene rings is 1. The van der Waals surface area contributed by atoms with E-state index in [1.54, 1.807) is 6.07 Å². The molecule has 98 valence electrons. The van der Waals surface area contributed by atoms with E-state index >= 15 is 0 Å². The Balaban J connectivity index is 2.33. The van der Waals surface area contributed by atoms with Crippen LogP contribution in [0.1, 0.15) is 30.1 Å². The summed E-state index contributed by atoms with van der Waals surface area (Å²) in [5, 5.41) is 2.85. The van der Waals surface area contributed by atoms with E-state index in [4.69, 9.17) is 10.7 Å². The van der Waals surface area contributed by atoms with E-state index < -0.39 is 9.05 Å². The Morgan fingerprint density at radius 1 is 1.39 bits per heavy atom. The minimum Gasteiger partial charge on any atom is -0.347 e. The highest BCUT2D eigenvalue weighted by Gasteiger charge is 2.38. The number of halogens is 2. The molecule has 0 radical (unpaired) electrons. The van der Waals surface area contributed by atoms with Crippen LogP contribution in [0.4, 0.5) is 0 Å². The van der Waals surface area contributed by atoms with Gasteiger partial charge in [0, 0.05) is 26.3 Å². The maximum absolute atomic E-state index is 12.0. The zero-order valence-electron chi connectivity index (χ0n) is 9.54. The largest absolute Gasteiger partial charge is 0.347 e. The van der Waals surface area contributed by atoms with Crippen LogP contribution in [-0.2, 0) is 9.05 Å². The second kappa shape index (κ2) is 4.51. The number of carbonyl (C=O) groups is 1. The average Bonchev–Trinajstić information content (AvgIpc) is 2.93. The molecule has 0 unspecified atom stereocenters. The fourth-order valence-electron chi connectivity index (χ4n) is 1.49. The van der Waals surface area contributed by atoms with Crippen molar-refractivity contribution in [3.05, 3.63) is 28.2 Å². The topological polar surface area (TPSA) is 63.2 Å². The molecule has 1 fully saturated rings. The van der Waals surface area contributed by atoms with E-state index in [0.717, 1.165) is 12.8 Å². The summed E-state index contributed by atoms with van der Waals surface area (Å²) in [6.07, 6.45) is 1.88. The van der Waals surface area contributed by atoms with Crippen LogP contribution in [0.3, 0.4) is 0 Å². The van der Waals surface area contributed by atoms with Gasteiger partial charge in [0.15, 0.2) is 0 Å². The van der Waals surface area contributed by atoms with Crippen molar-refractivity contribution in [2.24, 2.45) is 0 Å². The number of nitrogens with one attached hydrogen (secondary N) is 1.